The third-order valence-electron chi connectivity index (χ3n) is 3.85. The Hall–Kier alpha value is -1.73. The number of nitrogens with one attached hydrogen (secondary N) is 1. The van der Waals surface area contributed by atoms with Crippen LogP contribution in [-0.2, 0) is 11.3 Å². The molecule has 20 heavy (non-hydrogen) atoms. The number of amides is 1. The lowest BCUT2D eigenvalue weighted by molar-refractivity contribution is -0.133. The summed E-state index contributed by atoms with van der Waals surface area (Å²) in [7, 11) is 0. The average Bonchev–Trinajstić information content (AvgIpc) is 3.18. The molecule has 0 bridgehead atoms. The van der Waals surface area contributed by atoms with Crippen molar-refractivity contribution in [3.63, 3.8) is 0 Å². The van der Waals surface area contributed by atoms with E-state index in [4.69, 9.17) is 0 Å². The number of rotatable bonds is 4. The van der Waals surface area contributed by atoms with E-state index >= 15 is 0 Å². The topological polar surface area (TPSA) is 66.3 Å². The van der Waals surface area contributed by atoms with Crippen molar-refractivity contribution in [2.45, 2.75) is 12.6 Å². The highest BCUT2D eigenvalue weighted by atomic mass is 16.2. The van der Waals surface area contributed by atoms with Gasteiger partial charge in [0.2, 0.25) is 5.91 Å². The Balaban J connectivity index is 1.42. The molecule has 1 aromatic heterocycles. The van der Waals surface area contributed by atoms with E-state index in [2.05, 4.69) is 20.3 Å². The minimum absolute atomic E-state index is 0.114. The first-order valence-corrected chi connectivity index (χ1v) is 7.06. The number of aromatic nitrogens is 3. The smallest absolute Gasteiger partial charge is 0.243 e. The van der Waals surface area contributed by atoms with Gasteiger partial charge in [0.15, 0.2) is 0 Å². The quantitative estimate of drug-likeness (QED) is 0.711. The lowest BCUT2D eigenvalue weighted by atomic mass is 10.2. The van der Waals surface area contributed by atoms with Gasteiger partial charge >= 0.3 is 0 Å². The molecule has 2 aliphatic heterocycles. The van der Waals surface area contributed by atoms with Gasteiger partial charge in [0.25, 0.3) is 0 Å². The number of carbonyl (C=O) groups is 1. The van der Waals surface area contributed by atoms with E-state index in [0.29, 0.717) is 0 Å². The van der Waals surface area contributed by atoms with Crippen molar-refractivity contribution in [3.8, 4) is 0 Å². The van der Waals surface area contributed by atoms with E-state index in [1.807, 2.05) is 21.7 Å². The molecule has 0 spiro atoms. The van der Waals surface area contributed by atoms with Gasteiger partial charge in [-0.05, 0) is 0 Å². The average molecular weight is 276 g/mol. The molecule has 1 saturated heterocycles. The molecular weight excluding hydrogens is 256 g/mol. The zero-order valence-corrected chi connectivity index (χ0v) is 11.5. The number of nitrogens with zero attached hydrogens (tertiary/aromatic N) is 5. The summed E-state index contributed by atoms with van der Waals surface area (Å²) in [5.74, 6) is 0.203. The molecule has 0 aromatic carbocycles. The van der Waals surface area contributed by atoms with E-state index in [9.17, 15) is 4.79 Å². The summed E-state index contributed by atoms with van der Waals surface area (Å²) in [5, 5.41) is 7.27. The standard InChI is InChI=1S/C13H20N6O/c20-13(12-2-1-3-15-12)18-7-4-17(5-8-18)6-9-19-11-14-10-16-19/h1-2,10-12,15H,3-9H2. The van der Waals surface area contributed by atoms with Gasteiger partial charge in [0, 0.05) is 39.3 Å². The molecule has 0 radical (unpaired) electrons. The molecular formula is C13H20N6O. The second-order valence-electron chi connectivity index (χ2n) is 5.14. The molecule has 1 N–H and O–H groups in total. The molecule has 1 aromatic rings. The van der Waals surface area contributed by atoms with Crippen LogP contribution in [0.25, 0.3) is 0 Å². The normalized spacial score (nSPS) is 23.4. The number of piperazine rings is 1. The van der Waals surface area contributed by atoms with Crippen LogP contribution in [0.4, 0.5) is 0 Å². The van der Waals surface area contributed by atoms with Crippen molar-refractivity contribution in [2.75, 3.05) is 39.3 Å². The fourth-order valence-corrected chi connectivity index (χ4v) is 2.62. The summed E-state index contributed by atoms with van der Waals surface area (Å²) in [4.78, 5) is 20.5. The molecule has 1 unspecified atom stereocenters. The maximum Gasteiger partial charge on any atom is 0.243 e. The third-order valence-corrected chi connectivity index (χ3v) is 3.85. The van der Waals surface area contributed by atoms with Crippen LogP contribution in [0.5, 0.6) is 0 Å². The first kappa shape index (κ1) is 13.3. The van der Waals surface area contributed by atoms with E-state index in [-0.39, 0.29) is 11.9 Å². The van der Waals surface area contributed by atoms with E-state index in [0.717, 1.165) is 45.8 Å². The molecule has 0 saturated carbocycles. The fourth-order valence-electron chi connectivity index (χ4n) is 2.62. The molecule has 0 aliphatic carbocycles. The van der Waals surface area contributed by atoms with Crippen LogP contribution in [0.15, 0.2) is 24.8 Å². The van der Waals surface area contributed by atoms with Gasteiger partial charge in [-0.2, -0.15) is 5.10 Å². The van der Waals surface area contributed by atoms with Crippen LogP contribution < -0.4 is 5.32 Å². The highest BCUT2D eigenvalue weighted by Crippen LogP contribution is 2.07. The van der Waals surface area contributed by atoms with Gasteiger partial charge in [-0.25, -0.2) is 4.98 Å². The molecule has 3 heterocycles. The zero-order valence-electron chi connectivity index (χ0n) is 11.5. The van der Waals surface area contributed by atoms with Gasteiger partial charge < -0.3 is 4.90 Å². The molecule has 108 valence electrons. The number of hydrogen-bond acceptors (Lipinski definition) is 5. The van der Waals surface area contributed by atoms with Crippen molar-refractivity contribution < 1.29 is 4.79 Å². The van der Waals surface area contributed by atoms with E-state index < -0.39 is 0 Å². The molecule has 1 atom stereocenters. The summed E-state index contributed by atoms with van der Waals surface area (Å²) in [6.07, 6.45) is 7.26. The van der Waals surface area contributed by atoms with Gasteiger partial charge in [-0.1, -0.05) is 12.2 Å². The summed E-state index contributed by atoms with van der Waals surface area (Å²) >= 11 is 0. The number of carbonyl (C=O) groups excluding carboxylic acids is 1. The maximum atomic E-state index is 12.2. The van der Waals surface area contributed by atoms with Gasteiger partial charge in [-0.3, -0.25) is 19.7 Å². The van der Waals surface area contributed by atoms with Gasteiger partial charge in [0.1, 0.15) is 18.7 Å². The Morgan fingerprint density at radius 2 is 2.10 bits per heavy atom. The maximum absolute atomic E-state index is 12.2. The Kier molecular flexibility index (Phi) is 4.08. The van der Waals surface area contributed by atoms with Crippen LogP contribution in [0.2, 0.25) is 0 Å². The third kappa shape index (κ3) is 3.05. The van der Waals surface area contributed by atoms with E-state index in [1.54, 1.807) is 12.7 Å². The predicted molar refractivity (Wildman–Crippen MR) is 74.0 cm³/mol. The molecule has 7 heteroatoms. The SMILES string of the molecule is O=C(C1C=CCN1)N1CCN(CCn2cncn2)CC1. The Morgan fingerprint density at radius 1 is 1.25 bits per heavy atom. The van der Waals surface area contributed by atoms with Crippen LogP contribution in [0, 0.1) is 0 Å². The van der Waals surface area contributed by atoms with Crippen molar-refractivity contribution in [1.82, 2.24) is 29.9 Å². The summed E-state index contributed by atoms with van der Waals surface area (Å²) in [6.45, 7) is 6.07. The Labute approximate surface area is 118 Å². The lowest BCUT2D eigenvalue weighted by Crippen LogP contribution is -2.53. The lowest BCUT2D eigenvalue weighted by Gasteiger charge is -2.35. The van der Waals surface area contributed by atoms with Crippen LogP contribution >= 0.6 is 0 Å². The second kappa shape index (κ2) is 6.15. The van der Waals surface area contributed by atoms with E-state index in [1.165, 1.54) is 0 Å². The second-order valence-corrected chi connectivity index (χ2v) is 5.14. The minimum atomic E-state index is -0.114. The Bertz CT molecular complexity index is 463. The van der Waals surface area contributed by atoms with Crippen molar-refractivity contribution in [1.29, 1.82) is 0 Å². The first-order chi connectivity index (χ1) is 9.83. The number of hydrogen-bond donors (Lipinski definition) is 1. The van der Waals surface area contributed by atoms with Crippen LogP contribution in [0.3, 0.4) is 0 Å². The monoisotopic (exact) mass is 276 g/mol. The van der Waals surface area contributed by atoms with Crippen molar-refractivity contribution in [2.24, 2.45) is 0 Å². The summed E-state index contributed by atoms with van der Waals surface area (Å²) in [5.41, 5.74) is 0. The fraction of sp³-hybridized carbons (Fsp3) is 0.615. The molecule has 1 fully saturated rings. The van der Waals surface area contributed by atoms with Gasteiger partial charge in [0.05, 0.1) is 6.54 Å². The zero-order chi connectivity index (χ0) is 13.8. The van der Waals surface area contributed by atoms with Crippen molar-refractivity contribution in [3.05, 3.63) is 24.8 Å². The summed E-state index contributed by atoms with van der Waals surface area (Å²) < 4.78 is 1.84. The molecule has 2 aliphatic rings. The highest BCUT2D eigenvalue weighted by Gasteiger charge is 2.26. The van der Waals surface area contributed by atoms with Crippen LogP contribution in [0.1, 0.15) is 0 Å². The molecule has 3 rings (SSSR count). The largest absolute Gasteiger partial charge is 0.338 e. The predicted octanol–water partition coefficient (Wildman–Crippen LogP) is -1.05. The van der Waals surface area contributed by atoms with Crippen LogP contribution in [-0.4, -0.2) is 75.8 Å². The minimum Gasteiger partial charge on any atom is -0.338 e. The molecule has 1 amide bonds. The molecule has 7 nitrogen and oxygen atoms in total. The summed E-state index contributed by atoms with van der Waals surface area (Å²) in [6, 6.07) is -0.114. The first-order valence-electron chi connectivity index (χ1n) is 7.06. The Morgan fingerprint density at radius 3 is 2.75 bits per heavy atom. The highest BCUT2D eigenvalue weighted by molar-refractivity contribution is 5.84. The van der Waals surface area contributed by atoms with Crippen molar-refractivity contribution >= 4 is 5.91 Å². The van der Waals surface area contributed by atoms with Gasteiger partial charge in [-0.15, -0.1) is 0 Å².